The van der Waals surface area contributed by atoms with Crippen molar-refractivity contribution in [2.45, 2.75) is 13.1 Å². The smallest absolute Gasteiger partial charge is 0.256 e. The van der Waals surface area contributed by atoms with Gasteiger partial charge in [-0.25, -0.2) is 0 Å². The first-order valence-corrected chi connectivity index (χ1v) is 8.42. The zero-order chi connectivity index (χ0) is 15.8. The van der Waals surface area contributed by atoms with Gasteiger partial charge in [-0.05, 0) is 23.6 Å². The Labute approximate surface area is 139 Å². The van der Waals surface area contributed by atoms with E-state index in [4.69, 9.17) is 0 Å². The van der Waals surface area contributed by atoms with Crippen molar-refractivity contribution in [3.8, 4) is 11.1 Å². The molecule has 3 nitrogen and oxygen atoms in total. The van der Waals surface area contributed by atoms with Gasteiger partial charge >= 0.3 is 0 Å². The highest BCUT2D eigenvalue weighted by Gasteiger charge is 2.29. The maximum Gasteiger partial charge on any atom is 0.256 e. The summed E-state index contributed by atoms with van der Waals surface area (Å²) in [7, 11) is 0. The van der Waals surface area contributed by atoms with Crippen LogP contribution in [0.5, 0.6) is 0 Å². The van der Waals surface area contributed by atoms with Crippen LogP contribution in [0.1, 0.15) is 27.7 Å². The van der Waals surface area contributed by atoms with Crippen molar-refractivity contribution in [3.05, 3.63) is 76.7 Å². The van der Waals surface area contributed by atoms with Crippen molar-refractivity contribution in [2.24, 2.45) is 0 Å². The summed E-state index contributed by atoms with van der Waals surface area (Å²) in [5.41, 5.74) is 5.05. The normalized spacial score (nSPS) is 16.4. The standard InChI is InChI=1S/C19H16N2OS/c1-12-7-5-6-10-14(12)17-20-18(22)16-15(11-23-19(16)21-17)13-8-3-2-4-9-13/h2-11,17,21H,1H3,(H,20,22)/t17-/m0/s1. The summed E-state index contributed by atoms with van der Waals surface area (Å²) in [6, 6.07) is 18.1. The number of anilines is 1. The Morgan fingerprint density at radius 2 is 1.70 bits per heavy atom. The van der Waals surface area contributed by atoms with Gasteiger partial charge in [0.15, 0.2) is 0 Å². The Balaban J connectivity index is 1.74. The second-order valence-corrected chi connectivity index (χ2v) is 6.51. The predicted octanol–water partition coefficient (Wildman–Crippen LogP) is 4.58. The molecule has 4 heteroatoms. The van der Waals surface area contributed by atoms with Gasteiger partial charge in [-0.2, -0.15) is 0 Å². The van der Waals surface area contributed by atoms with Gasteiger partial charge in [-0.3, -0.25) is 4.79 Å². The van der Waals surface area contributed by atoms with Gasteiger partial charge in [0.2, 0.25) is 0 Å². The van der Waals surface area contributed by atoms with E-state index >= 15 is 0 Å². The molecular weight excluding hydrogens is 304 g/mol. The fourth-order valence-electron chi connectivity index (χ4n) is 2.96. The largest absolute Gasteiger partial charge is 0.353 e. The van der Waals surface area contributed by atoms with E-state index in [1.54, 1.807) is 11.3 Å². The van der Waals surface area contributed by atoms with Crippen LogP contribution in [0.15, 0.2) is 60.0 Å². The average molecular weight is 320 g/mol. The summed E-state index contributed by atoms with van der Waals surface area (Å²) in [6.07, 6.45) is -0.182. The molecule has 0 radical (unpaired) electrons. The number of carbonyl (C=O) groups excluding carboxylic acids is 1. The van der Waals surface area contributed by atoms with Crippen molar-refractivity contribution in [3.63, 3.8) is 0 Å². The molecule has 0 saturated carbocycles. The van der Waals surface area contributed by atoms with Crippen LogP contribution in [0.4, 0.5) is 5.00 Å². The van der Waals surface area contributed by atoms with Gasteiger partial charge in [0.05, 0.1) is 5.56 Å². The number of thiophene rings is 1. The molecule has 1 aromatic heterocycles. The first-order chi connectivity index (χ1) is 11.2. The van der Waals surface area contributed by atoms with E-state index < -0.39 is 0 Å². The summed E-state index contributed by atoms with van der Waals surface area (Å²) in [5, 5.41) is 9.52. The minimum Gasteiger partial charge on any atom is -0.353 e. The van der Waals surface area contributed by atoms with E-state index in [9.17, 15) is 4.79 Å². The SMILES string of the molecule is Cc1ccccc1[C@H]1NC(=O)c2c(-c3ccccc3)csc2N1. The number of benzene rings is 2. The topological polar surface area (TPSA) is 41.1 Å². The maximum atomic E-state index is 12.7. The average Bonchev–Trinajstić information content (AvgIpc) is 3.00. The minimum atomic E-state index is -0.182. The number of carbonyl (C=O) groups is 1. The lowest BCUT2D eigenvalue weighted by Crippen LogP contribution is -2.38. The third-order valence-electron chi connectivity index (χ3n) is 4.15. The molecule has 114 valence electrons. The molecule has 2 N–H and O–H groups in total. The number of fused-ring (bicyclic) bond motifs is 1. The zero-order valence-corrected chi connectivity index (χ0v) is 13.5. The van der Waals surface area contributed by atoms with E-state index in [1.165, 1.54) is 0 Å². The number of hydrogen-bond acceptors (Lipinski definition) is 3. The van der Waals surface area contributed by atoms with Crippen LogP contribution < -0.4 is 10.6 Å². The fourth-order valence-corrected chi connectivity index (χ4v) is 3.95. The number of hydrogen-bond donors (Lipinski definition) is 2. The van der Waals surface area contributed by atoms with Gasteiger partial charge in [0, 0.05) is 10.9 Å². The van der Waals surface area contributed by atoms with Gasteiger partial charge < -0.3 is 10.6 Å². The Morgan fingerprint density at radius 3 is 2.48 bits per heavy atom. The first kappa shape index (κ1) is 14.0. The summed E-state index contributed by atoms with van der Waals surface area (Å²) in [4.78, 5) is 12.7. The molecule has 1 aliphatic rings. The summed E-state index contributed by atoms with van der Waals surface area (Å²) < 4.78 is 0. The second kappa shape index (κ2) is 5.56. The lowest BCUT2D eigenvalue weighted by molar-refractivity contribution is 0.0937. The predicted molar refractivity (Wildman–Crippen MR) is 94.8 cm³/mol. The highest BCUT2D eigenvalue weighted by molar-refractivity contribution is 7.15. The van der Waals surface area contributed by atoms with Crippen LogP contribution in [-0.4, -0.2) is 5.91 Å². The Kier molecular flexibility index (Phi) is 3.39. The van der Waals surface area contributed by atoms with E-state index in [0.29, 0.717) is 0 Å². The van der Waals surface area contributed by atoms with E-state index in [-0.39, 0.29) is 12.1 Å². The van der Waals surface area contributed by atoms with Crippen molar-refractivity contribution in [1.82, 2.24) is 5.32 Å². The molecule has 2 aromatic carbocycles. The third-order valence-corrected chi connectivity index (χ3v) is 5.06. The molecule has 1 amide bonds. The quantitative estimate of drug-likeness (QED) is 0.726. The van der Waals surface area contributed by atoms with Crippen LogP contribution in [0.25, 0.3) is 11.1 Å². The van der Waals surface area contributed by atoms with Gasteiger partial charge in [-0.1, -0.05) is 54.6 Å². The van der Waals surface area contributed by atoms with Crippen LogP contribution >= 0.6 is 11.3 Å². The molecule has 0 unspecified atom stereocenters. The summed E-state index contributed by atoms with van der Waals surface area (Å²) in [5.74, 6) is -0.0212. The van der Waals surface area contributed by atoms with E-state index in [0.717, 1.165) is 32.8 Å². The molecule has 0 saturated heterocycles. The van der Waals surface area contributed by atoms with Gasteiger partial charge in [0.1, 0.15) is 11.2 Å². The second-order valence-electron chi connectivity index (χ2n) is 5.63. The molecule has 0 aliphatic carbocycles. The maximum absolute atomic E-state index is 12.7. The van der Waals surface area contributed by atoms with Crippen LogP contribution in [0.2, 0.25) is 0 Å². The molecule has 0 fully saturated rings. The lowest BCUT2D eigenvalue weighted by atomic mass is 10.0. The minimum absolute atomic E-state index is 0.0212. The van der Waals surface area contributed by atoms with E-state index in [2.05, 4.69) is 23.6 Å². The Bertz CT molecular complexity index is 870. The molecule has 4 rings (SSSR count). The highest BCUT2D eigenvalue weighted by Crippen LogP contribution is 2.39. The van der Waals surface area contributed by atoms with E-state index in [1.807, 2.05) is 53.9 Å². The number of aryl methyl sites for hydroxylation is 1. The van der Waals surface area contributed by atoms with Crippen molar-refractivity contribution < 1.29 is 4.79 Å². The third kappa shape index (κ3) is 2.41. The number of rotatable bonds is 2. The summed E-state index contributed by atoms with van der Waals surface area (Å²) >= 11 is 1.58. The molecule has 1 aliphatic heterocycles. The van der Waals surface area contributed by atoms with Crippen LogP contribution in [0.3, 0.4) is 0 Å². The van der Waals surface area contributed by atoms with Gasteiger partial charge in [0.25, 0.3) is 5.91 Å². The van der Waals surface area contributed by atoms with Gasteiger partial charge in [-0.15, -0.1) is 11.3 Å². The van der Waals surface area contributed by atoms with Crippen LogP contribution in [-0.2, 0) is 0 Å². The first-order valence-electron chi connectivity index (χ1n) is 7.54. The lowest BCUT2D eigenvalue weighted by Gasteiger charge is -2.27. The van der Waals surface area contributed by atoms with Crippen molar-refractivity contribution >= 4 is 22.2 Å². The van der Waals surface area contributed by atoms with Crippen LogP contribution in [0, 0.1) is 6.92 Å². The molecule has 2 heterocycles. The molecule has 23 heavy (non-hydrogen) atoms. The Morgan fingerprint density at radius 1 is 0.957 bits per heavy atom. The zero-order valence-electron chi connectivity index (χ0n) is 12.7. The highest BCUT2D eigenvalue weighted by atomic mass is 32.1. The molecule has 1 atom stereocenters. The van der Waals surface area contributed by atoms with Crippen molar-refractivity contribution in [1.29, 1.82) is 0 Å². The molecule has 0 bridgehead atoms. The monoisotopic (exact) mass is 320 g/mol. The Hall–Kier alpha value is -2.59. The molecule has 0 spiro atoms. The number of nitrogens with one attached hydrogen (secondary N) is 2. The molecular formula is C19H16N2OS. The van der Waals surface area contributed by atoms with Crippen molar-refractivity contribution in [2.75, 3.05) is 5.32 Å². The fraction of sp³-hybridized carbons (Fsp3) is 0.105. The number of amides is 1. The summed E-state index contributed by atoms with van der Waals surface area (Å²) in [6.45, 7) is 2.06. The molecule has 3 aromatic rings.